The van der Waals surface area contributed by atoms with Crippen molar-refractivity contribution in [2.24, 2.45) is 0 Å². The Morgan fingerprint density at radius 1 is 1.26 bits per heavy atom. The van der Waals surface area contributed by atoms with Crippen molar-refractivity contribution in [1.29, 1.82) is 0 Å². The van der Waals surface area contributed by atoms with Crippen molar-refractivity contribution in [2.45, 2.75) is 0 Å². The third kappa shape index (κ3) is 2.57. The van der Waals surface area contributed by atoms with E-state index in [0.29, 0.717) is 10.6 Å². The van der Waals surface area contributed by atoms with Crippen LogP contribution in [0.3, 0.4) is 0 Å². The minimum Gasteiger partial charge on any atom is -0.454 e. The molecule has 2 heterocycles. The van der Waals surface area contributed by atoms with Gasteiger partial charge in [0.15, 0.2) is 17.3 Å². The zero-order valence-corrected chi connectivity index (χ0v) is 12.2. The second kappa shape index (κ2) is 5.19. The first kappa shape index (κ1) is 12.4. The third-order valence-electron chi connectivity index (χ3n) is 2.66. The van der Waals surface area contributed by atoms with E-state index in [1.807, 2.05) is 29.6 Å². The summed E-state index contributed by atoms with van der Waals surface area (Å²) in [4.78, 5) is 12.7. The van der Waals surface area contributed by atoms with Crippen molar-refractivity contribution in [1.82, 2.24) is 0 Å². The smallest absolute Gasteiger partial charge is 0.231 e. The lowest BCUT2D eigenvalue weighted by molar-refractivity contribution is 0.105. The second-order valence-corrected chi connectivity index (χ2v) is 5.68. The lowest BCUT2D eigenvalue weighted by Crippen LogP contribution is -1.92. The zero-order valence-electron chi connectivity index (χ0n) is 9.76. The molecular weight excluding hydrogens is 328 g/mol. The van der Waals surface area contributed by atoms with E-state index < -0.39 is 0 Å². The molecule has 5 heteroatoms. The molecule has 0 radical (unpaired) electrons. The average molecular weight is 337 g/mol. The second-order valence-electron chi connectivity index (χ2n) is 3.91. The van der Waals surface area contributed by atoms with Crippen LogP contribution in [0.15, 0.2) is 40.2 Å². The minimum atomic E-state index is -0.0143. The maximum atomic E-state index is 12.0. The molecule has 0 unspecified atom stereocenters. The molecule has 2 aromatic rings. The van der Waals surface area contributed by atoms with Crippen molar-refractivity contribution in [3.63, 3.8) is 0 Å². The van der Waals surface area contributed by atoms with E-state index in [9.17, 15) is 4.79 Å². The molecule has 19 heavy (non-hydrogen) atoms. The number of carbonyl (C=O) groups is 1. The van der Waals surface area contributed by atoms with Gasteiger partial charge in [-0.1, -0.05) is 12.1 Å². The highest BCUT2D eigenvalue weighted by atomic mass is 79.9. The Morgan fingerprint density at radius 2 is 2.11 bits per heavy atom. The number of ketones is 1. The number of halogens is 1. The third-order valence-corrected chi connectivity index (χ3v) is 4.52. The molecular formula is C14H9BrO3S. The Bertz CT molecular complexity index is 660. The van der Waals surface area contributed by atoms with Crippen LogP contribution in [0.5, 0.6) is 11.5 Å². The quantitative estimate of drug-likeness (QED) is 0.624. The Morgan fingerprint density at radius 3 is 2.89 bits per heavy atom. The lowest BCUT2D eigenvalue weighted by Gasteiger charge is -1.97. The molecule has 0 bridgehead atoms. The summed E-state index contributed by atoms with van der Waals surface area (Å²) < 4.78 is 11.4. The normalized spacial score (nSPS) is 13.1. The minimum absolute atomic E-state index is 0.0143. The lowest BCUT2D eigenvalue weighted by atomic mass is 10.1. The van der Waals surface area contributed by atoms with Crippen LogP contribution in [-0.4, -0.2) is 12.6 Å². The summed E-state index contributed by atoms with van der Waals surface area (Å²) in [5.41, 5.74) is 0.908. The summed E-state index contributed by atoms with van der Waals surface area (Å²) >= 11 is 4.77. The largest absolute Gasteiger partial charge is 0.454 e. The molecule has 1 aromatic heterocycles. The summed E-state index contributed by atoms with van der Waals surface area (Å²) in [7, 11) is 0. The fourth-order valence-corrected chi connectivity index (χ4v) is 3.22. The Balaban J connectivity index is 1.80. The summed E-state index contributed by atoms with van der Waals surface area (Å²) in [6.45, 7) is 0.254. The maximum Gasteiger partial charge on any atom is 0.231 e. The first-order valence-corrected chi connectivity index (χ1v) is 7.26. The first-order valence-electron chi connectivity index (χ1n) is 5.59. The van der Waals surface area contributed by atoms with E-state index in [1.54, 1.807) is 12.2 Å². The van der Waals surface area contributed by atoms with Crippen LogP contribution in [0.25, 0.3) is 6.08 Å². The molecule has 3 rings (SSSR count). The monoisotopic (exact) mass is 336 g/mol. The van der Waals surface area contributed by atoms with Crippen molar-refractivity contribution < 1.29 is 14.3 Å². The van der Waals surface area contributed by atoms with E-state index in [2.05, 4.69) is 15.9 Å². The highest BCUT2D eigenvalue weighted by molar-refractivity contribution is 9.10. The molecule has 1 aromatic carbocycles. The molecule has 1 aliphatic rings. The highest BCUT2D eigenvalue weighted by Gasteiger charge is 2.12. The number of benzene rings is 1. The standard InChI is InChI=1S/C14H9BrO3S/c15-10-5-6-19-14(10)11(16)3-1-9-2-4-12-13(7-9)18-8-17-12/h1-7H,8H2. The molecule has 0 spiro atoms. The van der Waals surface area contributed by atoms with Crippen molar-refractivity contribution in [3.05, 3.63) is 50.6 Å². The molecule has 96 valence electrons. The fraction of sp³-hybridized carbons (Fsp3) is 0.0714. The van der Waals surface area contributed by atoms with Crippen molar-refractivity contribution in [3.8, 4) is 11.5 Å². The van der Waals surface area contributed by atoms with E-state index in [0.717, 1.165) is 15.8 Å². The van der Waals surface area contributed by atoms with Crippen LogP contribution in [-0.2, 0) is 0 Å². The predicted molar refractivity (Wildman–Crippen MR) is 77.9 cm³/mol. The van der Waals surface area contributed by atoms with Gasteiger partial charge in [-0.05, 0) is 51.1 Å². The summed E-state index contributed by atoms with van der Waals surface area (Å²) in [5.74, 6) is 1.44. The Kier molecular flexibility index (Phi) is 3.40. The van der Waals surface area contributed by atoms with Gasteiger partial charge in [-0.2, -0.15) is 0 Å². The zero-order chi connectivity index (χ0) is 13.2. The molecule has 0 N–H and O–H groups in total. The van der Waals surface area contributed by atoms with E-state index in [-0.39, 0.29) is 12.6 Å². The average Bonchev–Trinajstić information content (AvgIpc) is 3.03. The number of ether oxygens (including phenoxy) is 2. The molecule has 3 nitrogen and oxygen atoms in total. The molecule has 1 aliphatic heterocycles. The summed E-state index contributed by atoms with van der Waals surface area (Å²) in [5, 5.41) is 1.88. The SMILES string of the molecule is O=C(C=Cc1ccc2c(c1)OCO2)c1sccc1Br. The molecule has 0 saturated carbocycles. The summed E-state index contributed by atoms with van der Waals surface area (Å²) in [6.07, 6.45) is 3.34. The van der Waals surface area contributed by atoms with Crippen LogP contribution in [0, 0.1) is 0 Å². The van der Waals surface area contributed by atoms with Crippen LogP contribution >= 0.6 is 27.3 Å². The van der Waals surface area contributed by atoms with Gasteiger partial charge in [-0.25, -0.2) is 0 Å². The molecule has 0 amide bonds. The van der Waals surface area contributed by atoms with Crippen LogP contribution in [0.4, 0.5) is 0 Å². The van der Waals surface area contributed by atoms with E-state index >= 15 is 0 Å². The number of carbonyl (C=O) groups excluding carboxylic acids is 1. The highest BCUT2D eigenvalue weighted by Crippen LogP contribution is 2.33. The van der Waals surface area contributed by atoms with Crippen molar-refractivity contribution in [2.75, 3.05) is 6.79 Å². The van der Waals surface area contributed by atoms with Gasteiger partial charge in [0.2, 0.25) is 6.79 Å². The maximum absolute atomic E-state index is 12.0. The Hall–Kier alpha value is -1.59. The number of thiophene rings is 1. The number of hydrogen-bond acceptors (Lipinski definition) is 4. The molecule has 0 saturated heterocycles. The van der Waals surface area contributed by atoms with Gasteiger partial charge < -0.3 is 9.47 Å². The number of fused-ring (bicyclic) bond motifs is 1. The van der Waals surface area contributed by atoms with Crippen LogP contribution in [0.2, 0.25) is 0 Å². The van der Waals surface area contributed by atoms with Gasteiger partial charge in [0.1, 0.15) is 0 Å². The molecule has 0 fully saturated rings. The number of rotatable bonds is 3. The van der Waals surface area contributed by atoms with Gasteiger partial charge in [-0.15, -0.1) is 11.3 Å². The molecule has 0 atom stereocenters. The van der Waals surface area contributed by atoms with E-state index in [1.165, 1.54) is 11.3 Å². The van der Waals surface area contributed by atoms with Gasteiger partial charge in [0.05, 0.1) is 4.88 Å². The summed E-state index contributed by atoms with van der Waals surface area (Å²) in [6, 6.07) is 7.45. The van der Waals surface area contributed by atoms with Gasteiger partial charge in [0.25, 0.3) is 0 Å². The van der Waals surface area contributed by atoms with Gasteiger partial charge in [-0.3, -0.25) is 4.79 Å². The fourth-order valence-electron chi connectivity index (χ4n) is 1.73. The van der Waals surface area contributed by atoms with Gasteiger partial charge >= 0.3 is 0 Å². The van der Waals surface area contributed by atoms with Gasteiger partial charge in [0, 0.05) is 4.47 Å². The first-order chi connectivity index (χ1) is 9.24. The predicted octanol–water partition coefficient (Wildman–Crippen LogP) is 4.14. The van der Waals surface area contributed by atoms with Crippen molar-refractivity contribution >= 4 is 39.1 Å². The number of hydrogen-bond donors (Lipinski definition) is 0. The molecule has 0 aliphatic carbocycles. The Labute approximate surface area is 122 Å². The van der Waals surface area contributed by atoms with E-state index in [4.69, 9.17) is 9.47 Å². The topological polar surface area (TPSA) is 35.5 Å². The van der Waals surface area contributed by atoms with Crippen LogP contribution in [0.1, 0.15) is 15.2 Å². The van der Waals surface area contributed by atoms with Crippen LogP contribution < -0.4 is 9.47 Å². The number of allylic oxidation sites excluding steroid dienone is 1.